The summed E-state index contributed by atoms with van der Waals surface area (Å²) in [5.74, 6) is 3.34. The van der Waals surface area contributed by atoms with Gasteiger partial charge in [0.2, 0.25) is 5.91 Å². The topological polar surface area (TPSA) is 42.4 Å². The van der Waals surface area contributed by atoms with E-state index in [0.29, 0.717) is 23.7 Å². The summed E-state index contributed by atoms with van der Waals surface area (Å²) in [6.07, 6.45) is 16.4. The minimum absolute atomic E-state index is 0.0655. The van der Waals surface area contributed by atoms with Gasteiger partial charge in [0.15, 0.2) is 0 Å². The molecular weight excluding hydrogens is 384 g/mol. The molecule has 4 nitrogen and oxygen atoms in total. The van der Waals surface area contributed by atoms with Crippen molar-refractivity contribution in [3.63, 3.8) is 0 Å². The van der Waals surface area contributed by atoms with Crippen LogP contribution >= 0.6 is 0 Å². The van der Waals surface area contributed by atoms with E-state index in [1.54, 1.807) is 0 Å². The number of pyridine rings is 1. The Bertz CT molecular complexity index is 880. The number of ether oxygens (including phenoxy) is 1. The molecule has 1 saturated carbocycles. The number of rotatable bonds is 4. The lowest BCUT2D eigenvalue weighted by Gasteiger charge is -2.59. The van der Waals surface area contributed by atoms with Crippen LogP contribution in [0, 0.1) is 23.2 Å². The first-order valence-electron chi connectivity index (χ1n) is 12.6. The van der Waals surface area contributed by atoms with E-state index in [4.69, 9.17) is 4.74 Å². The molecule has 0 unspecified atom stereocenters. The third kappa shape index (κ3) is 3.32. The van der Waals surface area contributed by atoms with Crippen molar-refractivity contribution in [3.8, 4) is 5.75 Å². The molecule has 168 valence electrons. The van der Waals surface area contributed by atoms with Crippen LogP contribution in [0.5, 0.6) is 5.75 Å². The average molecular weight is 423 g/mol. The highest BCUT2D eigenvalue weighted by Crippen LogP contribution is 2.63. The number of carbonyl (C=O) groups is 1. The van der Waals surface area contributed by atoms with Crippen LogP contribution in [-0.2, 0) is 4.79 Å². The average Bonchev–Trinajstić information content (AvgIpc) is 3.05. The van der Waals surface area contributed by atoms with Crippen LogP contribution in [0.4, 0.5) is 0 Å². The second kappa shape index (κ2) is 7.94. The molecule has 2 aliphatic carbocycles. The SMILES string of the molecule is CCCOc1cncc(C2=CC[C@H]3[C@@H]4CCN5C(=O)CCCC[C@]5(C)[C@H]4CC[C@]23C)c1. The molecule has 0 bridgehead atoms. The highest BCUT2D eigenvalue weighted by molar-refractivity contribution is 5.78. The van der Waals surface area contributed by atoms with Crippen LogP contribution in [0.15, 0.2) is 24.5 Å². The lowest BCUT2D eigenvalue weighted by atomic mass is 9.52. The summed E-state index contributed by atoms with van der Waals surface area (Å²) in [4.78, 5) is 19.7. The maximum atomic E-state index is 12.9. The largest absolute Gasteiger partial charge is 0.492 e. The first kappa shape index (κ1) is 21.0. The van der Waals surface area contributed by atoms with Crippen molar-refractivity contribution in [1.29, 1.82) is 0 Å². The maximum absolute atomic E-state index is 12.9. The molecule has 2 saturated heterocycles. The molecule has 4 aliphatic rings. The quantitative estimate of drug-likeness (QED) is 0.609. The standard InChI is InChI=1S/C27H38N2O2/c1-4-15-31-20-16-19(17-28-18-20)22-8-9-23-21-11-14-29-25(30)7-5-6-12-27(29,3)24(21)10-13-26(22,23)2/h8,16-18,21,23-24H,4-7,9-15H2,1-3H3/t21-,23-,24-,26+,27+/m0/s1. The van der Waals surface area contributed by atoms with Gasteiger partial charge in [0.05, 0.1) is 12.8 Å². The lowest BCUT2D eigenvalue weighted by Crippen LogP contribution is -2.62. The number of allylic oxidation sites excluding steroid dienone is 2. The van der Waals surface area contributed by atoms with Crippen LogP contribution in [0.3, 0.4) is 0 Å². The lowest BCUT2D eigenvalue weighted by molar-refractivity contribution is -0.150. The number of hydrogen-bond donors (Lipinski definition) is 0. The summed E-state index contributed by atoms with van der Waals surface area (Å²) in [5, 5.41) is 0. The molecular formula is C27H38N2O2. The monoisotopic (exact) mass is 422 g/mol. The van der Waals surface area contributed by atoms with Crippen LogP contribution < -0.4 is 4.74 Å². The van der Waals surface area contributed by atoms with E-state index in [1.165, 1.54) is 43.2 Å². The fourth-order valence-corrected chi connectivity index (χ4v) is 7.70. The van der Waals surface area contributed by atoms with E-state index in [-0.39, 0.29) is 11.0 Å². The number of nitrogens with zero attached hydrogens (tertiary/aromatic N) is 2. The van der Waals surface area contributed by atoms with Crippen LogP contribution in [0.2, 0.25) is 0 Å². The van der Waals surface area contributed by atoms with Crippen molar-refractivity contribution in [2.75, 3.05) is 13.2 Å². The summed E-state index contributed by atoms with van der Waals surface area (Å²) in [7, 11) is 0. The number of piperidine rings is 1. The molecule has 1 aromatic heterocycles. The van der Waals surface area contributed by atoms with Crippen molar-refractivity contribution in [2.24, 2.45) is 23.2 Å². The zero-order valence-corrected chi connectivity index (χ0v) is 19.5. The second-order valence-electron chi connectivity index (χ2n) is 10.8. The van der Waals surface area contributed by atoms with E-state index < -0.39 is 0 Å². The molecule has 0 aromatic carbocycles. The summed E-state index contributed by atoms with van der Waals surface area (Å²) < 4.78 is 5.88. The smallest absolute Gasteiger partial charge is 0.223 e. The molecule has 0 radical (unpaired) electrons. The fourth-order valence-electron chi connectivity index (χ4n) is 7.70. The normalized spacial score (nSPS) is 37.4. The predicted octanol–water partition coefficient (Wildman–Crippen LogP) is 5.87. The number of aromatic nitrogens is 1. The molecule has 1 amide bonds. The molecule has 3 heterocycles. The molecule has 5 atom stereocenters. The van der Waals surface area contributed by atoms with Crippen LogP contribution in [0.1, 0.15) is 84.1 Å². The Balaban J connectivity index is 1.41. The summed E-state index contributed by atoms with van der Waals surface area (Å²) in [5.41, 5.74) is 3.00. The molecule has 0 spiro atoms. The van der Waals surface area contributed by atoms with E-state index in [1.807, 2.05) is 12.4 Å². The van der Waals surface area contributed by atoms with Gasteiger partial charge in [-0.3, -0.25) is 9.78 Å². The number of carbonyl (C=O) groups excluding carboxylic acids is 1. The Morgan fingerprint density at radius 1 is 1.16 bits per heavy atom. The maximum Gasteiger partial charge on any atom is 0.223 e. The first-order chi connectivity index (χ1) is 15.0. The third-order valence-corrected chi connectivity index (χ3v) is 9.24. The van der Waals surface area contributed by atoms with Crippen molar-refractivity contribution >= 4 is 11.5 Å². The predicted molar refractivity (Wildman–Crippen MR) is 124 cm³/mol. The molecule has 1 aromatic rings. The third-order valence-electron chi connectivity index (χ3n) is 9.24. The fraction of sp³-hybridized carbons (Fsp3) is 0.704. The Morgan fingerprint density at radius 2 is 2.03 bits per heavy atom. The van der Waals surface area contributed by atoms with Crippen LogP contribution in [-0.4, -0.2) is 34.5 Å². The highest BCUT2D eigenvalue weighted by atomic mass is 16.5. The van der Waals surface area contributed by atoms with Gasteiger partial charge in [-0.1, -0.05) is 26.3 Å². The van der Waals surface area contributed by atoms with Gasteiger partial charge >= 0.3 is 0 Å². The van der Waals surface area contributed by atoms with Gasteiger partial charge in [0, 0.05) is 24.7 Å². The van der Waals surface area contributed by atoms with Crippen LogP contribution in [0.25, 0.3) is 5.57 Å². The van der Waals surface area contributed by atoms with Crippen molar-refractivity contribution in [2.45, 2.75) is 84.1 Å². The first-order valence-corrected chi connectivity index (χ1v) is 12.6. The van der Waals surface area contributed by atoms with Gasteiger partial charge in [-0.05, 0) is 92.2 Å². The Hall–Kier alpha value is -1.84. The van der Waals surface area contributed by atoms with E-state index in [0.717, 1.165) is 44.6 Å². The van der Waals surface area contributed by atoms with E-state index in [9.17, 15) is 4.79 Å². The summed E-state index contributed by atoms with van der Waals surface area (Å²) in [6.45, 7) is 8.74. The van der Waals surface area contributed by atoms with Gasteiger partial charge in [0.25, 0.3) is 0 Å². The van der Waals surface area contributed by atoms with Gasteiger partial charge in [-0.25, -0.2) is 0 Å². The van der Waals surface area contributed by atoms with Gasteiger partial charge in [-0.15, -0.1) is 0 Å². The minimum atomic E-state index is 0.0655. The zero-order valence-electron chi connectivity index (χ0n) is 19.5. The zero-order chi connectivity index (χ0) is 21.6. The summed E-state index contributed by atoms with van der Waals surface area (Å²) in [6, 6.07) is 2.20. The van der Waals surface area contributed by atoms with Crippen molar-refractivity contribution in [3.05, 3.63) is 30.1 Å². The Morgan fingerprint density at radius 3 is 2.87 bits per heavy atom. The summed E-state index contributed by atoms with van der Waals surface area (Å²) >= 11 is 0. The number of amides is 1. The minimum Gasteiger partial charge on any atom is -0.492 e. The molecule has 4 heteroatoms. The second-order valence-corrected chi connectivity index (χ2v) is 10.8. The highest BCUT2D eigenvalue weighted by Gasteiger charge is 2.58. The molecule has 0 N–H and O–H groups in total. The molecule has 31 heavy (non-hydrogen) atoms. The number of fused-ring (bicyclic) bond motifs is 5. The van der Waals surface area contributed by atoms with E-state index in [2.05, 4.69) is 42.8 Å². The molecule has 3 fully saturated rings. The van der Waals surface area contributed by atoms with Crippen molar-refractivity contribution < 1.29 is 9.53 Å². The van der Waals surface area contributed by atoms with E-state index >= 15 is 0 Å². The Labute approximate surface area is 187 Å². The Kier molecular flexibility index (Phi) is 5.38. The molecule has 2 aliphatic heterocycles. The number of hydrogen-bond acceptors (Lipinski definition) is 3. The van der Waals surface area contributed by atoms with Crippen molar-refractivity contribution in [1.82, 2.24) is 9.88 Å². The molecule has 5 rings (SSSR count). The van der Waals surface area contributed by atoms with Gasteiger partial charge in [0.1, 0.15) is 5.75 Å². The van der Waals surface area contributed by atoms with Gasteiger partial charge in [-0.2, -0.15) is 0 Å². The van der Waals surface area contributed by atoms with Gasteiger partial charge < -0.3 is 9.64 Å².